The van der Waals surface area contributed by atoms with E-state index in [2.05, 4.69) is 15.6 Å². The van der Waals surface area contributed by atoms with Crippen LogP contribution in [0.25, 0.3) is 0 Å². The van der Waals surface area contributed by atoms with Crippen LogP contribution in [-0.2, 0) is 6.54 Å². The Kier molecular flexibility index (Phi) is 8.26. The van der Waals surface area contributed by atoms with Crippen molar-refractivity contribution in [3.05, 3.63) is 22.4 Å². The van der Waals surface area contributed by atoms with Crippen LogP contribution in [0, 0.1) is 0 Å². The second-order valence-corrected chi connectivity index (χ2v) is 5.94. The van der Waals surface area contributed by atoms with E-state index in [0.29, 0.717) is 32.0 Å². The van der Waals surface area contributed by atoms with Crippen LogP contribution in [0.5, 0.6) is 0 Å². The van der Waals surface area contributed by atoms with Gasteiger partial charge in [0.1, 0.15) is 0 Å². The standard InChI is InChI=1S/C14H23F3N4S/c1-3-18-13(20-10-12-6-4-9-22-12)19-7-5-8-21(2)11-14(15,16)17/h4,6,9H,3,5,7-8,10-11H2,1-2H3,(H2,18,19,20). The van der Waals surface area contributed by atoms with Gasteiger partial charge in [-0.15, -0.1) is 11.3 Å². The first-order valence-electron chi connectivity index (χ1n) is 7.20. The Morgan fingerprint density at radius 3 is 2.73 bits per heavy atom. The molecule has 0 atom stereocenters. The Morgan fingerprint density at radius 2 is 2.14 bits per heavy atom. The molecule has 4 nitrogen and oxygen atoms in total. The molecule has 126 valence electrons. The fourth-order valence-electron chi connectivity index (χ4n) is 1.84. The van der Waals surface area contributed by atoms with E-state index in [0.717, 1.165) is 6.54 Å². The highest BCUT2D eigenvalue weighted by Crippen LogP contribution is 2.15. The highest BCUT2D eigenvalue weighted by atomic mass is 32.1. The maximum absolute atomic E-state index is 12.2. The number of rotatable bonds is 8. The zero-order chi connectivity index (χ0) is 16.4. The van der Waals surface area contributed by atoms with Crippen LogP contribution in [0.15, 0.2) is 22.5 Å². The summed E-state index contributed by atoms with van der Waals surface area (Å²) in [5.74, 6) is 0.689. The zero-order valence-electron chi connectivity index (χ0n) is 12.9. The molecule has 0 saturated carbocycles. The minimum atomic E-state index is -4.14. The van der Waals surface area contributed by atoms with Crippen molar-refractivity contribution < 1.29 is 13.2 Å². The van der Waals surface area contributed by atoms with Crippen LogP contribution in [0.2, 0.25) is 0 Å². The molecule has 0 amide bonds. The van der Waals surface area contributed by atoms with Gasteiger partial charge >= 0.3 is 6.18 Å². The molecule has 2 N–H and O–H groups in total. The molecule has 1 heterocycles. The third-order valence-electron chi connectivity index (χ3n) is 2.78. The monoisotopic (exact) mass is 336 g/mol. The lowest BCUT2D eigenvalue weighted by molar-refractivity contribution is -0.143. The van der Waals surface area contributed by atoms with Crippen molar-refractivity contribution in [2.24, 2.45) is 4.99 Å². The summed E-state index contributed by atoms with van der Waals surface area (Å²) in [6, 6.07) is 4.00. The molecule has 1 aromatic heterocycles. The average Bonchev–Trinajstić information content (AvgIpc) is 2.92. The van der Waals surface area contributed by atoms with Crippen molar-refractivity contribution in [1.82, 2.24) is 15.5 Å². The largest absolute Gasteiger partial charge is 0.401 e. The third-order valence-corrected chi connectivity index (χ3v) is 3.64. The number of hydrogen-bond donors (Lipinski definition) is 2. The summed E-state index contributed by atoms with van der Waals surface area (Å²) >= 11 is 1.64. The van der Waals surface area contributed by atoms with Crippen LogP contribution >= 0.6 is 11.3 Å². The van der Waals surface area contributed by atoms with Crippen LogP contribution < -0.4 is 10.6 Å². The summed E-state index contributed by atoms with van der Waals surface area (Å²) in [7, 11) is 1.48. The first kappa shape index (κ1) is 18.8. The lowest BCUT2D eigenvalue weighted by Gasteiger charge is -2.18. The molecular formula is C14H23F3N4S. The van der Waals surface area contributed by atoms with Crippen molar-refractivity contribution >= 4 is 17.3 Å². The van der Waals surface area contributed by atoms with E-state index in [1.54, 1.807) is 11.3 Å². The number of guanidine groups is 1. The summed E-state index contributed by atoms with van der Waals surface area (Å²) in [6.45, 7) is 3.40. The molecule has 0 bridgehead atoms. The molecular weight excluding hydrogens is 313 g/mol. The molecule has 0 spiro atoms. The van der Waals surface area contributed by atoms with Gasteiger partial charge in [0.05, 0.1) is 13.1 Å². The van der Waals surface area contributed by atoms with Gasteiger partial charge in [-0.2, -0.15) is 13.2 Å². The van der Waals surface area contributed by atoms with E-state index in [-0.39, 0.29) is 0 Å². The summed E-state index contributed by atoms with van der Waals surface area (Å²) in [4.78, 5) is 6.89. The highest BCUT2D eigenvalue weighted by Gasteiger charge is 2.28. The third kappa shape index (κ3) is 8.89. The Hall–Kier alpha value is -1.28. The number of nitrogens with zero attached hydrogens (tertiary/aromatic N) is 2. The van der Waals surface area contributed by atoms with Crippen LogP contribution in [0.4, 0.5) is 13.2 Å². The topological polar surface area (TPSA) is 39.7 Å². The Labute approximate surface area is 133 Å². The lowest BCUT2D eigenvalue weighted by Crippen LogP contribution is -2.39. The first-order valence-corrected chi connectivity index (χ1v) is 8.08. The van der Waals surface area contributed by atoms with Gasteiger partial charge in [0.15, 0.2) is 5.96 Å². The van der Waals surface area contributed by atoms with Crippen molar-refractivity contribution in [2.45, 2.75) is 26.1 Å². The molecule has 0 aliphatic rings. The Balaban J connectivity index is 2.28. The predicted molar refractivity (Wildman–Crippen MR) is 85.3 cm³/mol. The van der Waals surface area contributed by atoms with Gasteiger partial charge in [0, 0.05) is 18.0 Å². The van der Waals surface area contributed by atoms with Gasteiger partial charge < -0.3 is 10.6 Å². The SMILES string of the molecule is CCNC(=NCc1cccs1)NCCCN(C)CC(F)(F)F. The van der Waals surface area contributed by atoms with Crippen molar-refractivity contribution in [3.63, 3.8) is 0 Å². The zero-order valence-corrected chi connectivity index (χ0v) is 13.7. The highest BCUT2D eigenvalue weighted by molar-refractivity contribution is 7.09. The summed E-state index contributed by atoms with van der Waals surface area (Å²) in [6.07, 6.45) is -3.52. The quantitative estimate of drug-likeness (QED) is 0.436. The summed E-state index contributed by atoms with van der Waals surface area (Å²) < 4.78 is 36.6. The minimum Gasteiger partial charge on any atom is -0.357 e. The Bertz CT molecular complexity index is 432. The van der Waals surface area contributed by atoms with E-state index < -0.39 is 12.7 Å². The van der Waals surface area contributed by atoms with Gasteiger partial charge in [-0.1, -0.05) is 6.07 Å². The molecule has 22 heavy (non-hydrogen) atoms. The van der Waals surface area contributed by atoms with E-state index in [9.17, 15) is 13.2 Å². The molecule has 0 aliphatic heterocycles. The van der Waals surface area contributed by atoms with Gasteiger partial charge in [-0.05, 0) is 38.4 Å². The smallest absolute Gasteiger partial charge is 0.357 e. The number of thiophene rings is 1. The molecule has 0 radical (unpaired) electrons. The molecule has 8 heteroatoms. The number of aliphatic imine (C=N–C) groups is 1. The predicted octanol–water partition coefficient (Wildman–Crippen LogP) is 2.69. The van der Waals surface area contributed by atoms with Crippen LogP contribution in [-0.4, -0.2) is 50.3 Å². The molecule has 0 aromatic carbocycles. The number of hydrogen-bond acceptors (Lipinski definition) is 3. The van der Waals surface area contributed by atoms with Crippen molar-refractivity contribution in [1.29, 1.82) is 0 Å². The van der Waals surface area contributed by atoms with E-state index >= 15 is 0 Å². The normalized spacial score (nSPS) is 12.7. The molecule has 0 saturated heterocycles. The second-order valence-electron chi connectivity index (χ2n) is 4.91. The number of nitrogens with one attached hydrogen (secondary N) is 2. The van der Waals surface area contributed by atoms with Crippen LogP contribution in [0.1, 0.15) is 18.2 Å². The number of alkyl halides is 3. The fraction of sp³-hybridized carbons (Fsp3) is 0.643. The van der Waals surface area contributed by atoms with Crippen LogP contribution in [0.3, 0.4) is 0 Å². The fourth-order valence-corrected chi connectivity index (χ4v) is 2.47. The lowest BCUT2D eigenvalue weighted by atomic mass is 10.4. The van der Waals surface area contributed by atoms with E-state index in [1.165, 1.54) is 16.8 Å². The maximum atomic E-state index is 12.2. The molecule has 1 rings (SSSR count). The number of halogens is 3. The summed E-state index contributed by atoms with van der Waals surface area (Å²) in [5, 5.41) is 8.26. The summed E-state index contributed by atoms with van der Waals surface area (Å²) in [5.41, 5.74) is 0. The maximum Gasteiger partial charge on any atom is 0.401 e. The van der Waals surface area contributed by atoms with Gasteiger partial charge in [0.25, 0.3) is 0 Å². The Morgan fingerprint density at radius 1 is 1.36 bits per heavy atom. The molecule has 0 fully saturated rings. The second kappa shape index (κ2) is 9.68. The molecule has 0 unspecified atom stereocenters. The molecule has 0 aliphatic carbocycles. The average molecular weight is 336 g/mol. The van der Waals surface area contributed by atoms with Crippen molar-refractivity contribution in [3.8, 4) is 0 Å². The van der Waals surface area contributed by atoms with E-state index in [1.807, 2.05) is 24.4 Å². The minimum absolute atomic E-state index is 0.386. The first-order chi connectivity index (χ1) is 10.4. The molecule has 1 aromatic rings. The van der Waals surface area contributed by atoms with Gasteiger partial charge in [-0.25, -0.2) is 4.99 Å². The van der Waals surface area contributed by atoms with Crippen molar-refractivity contribution in [2.75, 3.05) is 33.2 Å². The van der Waals surface area contributed by atoms with E-state index in [4.69, 9.17) is 0 Å². The van der Waals surface area contributed by atoms with Gasteiger partial charge in [-0.3, -0.25) is 4.90 Å². The van der Waals surface area contributed by atoms with Gasteiger partial charge in [0.2, 0.25) is 0 Å².